The van der Waals surface area contributed by atoms with Crippen molar-refractivity contribution in [1.29, 1.82) is 0 Å². The molecule has 6 fully saturated rings. The largest absolute Gasteiger partial charge is 0.490 e. The van der Waals surface area contributed by atoms with E-state index in [-0.39, 0.29) is 110 Å². The van der Waals surface area contributed by atoms with E-state index >= 15 is 0 Å². The van der Waals surface area contributed by atoms with E-state index in [1.807, 2.05) is 6.07 Å². The number of fused-ring (bicyclic) bond motifs is 6. The number of nitrogens with zero attached hydrogens (tertiary/aromatic N) is 2. The molecule has 0 amide bonds. The maximum absolute atomic E-state index is 14.4. The average molecular weight is 1100 g/mol. The molecule has 77 heavy (non-hydrogen) atoms. The fourth-order valence-corrected chi connectivity index (χ4v) is 13.7. The number of rotatable bonds is 10. The Hall–Kier alpha value is -4.98. The summed E-state index contributed by atoms with van der Waals surface area (Å²) in [6.45, 7) is 0.900. The van der Waals surface area contributed by atoms with Crippen molar-refractivity contribution in [3.8, 4) is 11.5 Å². The molecule has 4 atom stereocenters. The van der Waals surface area contributed by atoms with Crippen LogP contribution in [0.4, 0.5) is 52.7 Å². The van der Waals surface area contributed by atoms with Gasteiger partial charge in [0.05, 0.1) is 43.0 Å². The van der Waals surface area contributed by atoms with E-state index < -0.39 is 71.8 Å². The van der Waals surface area contributed by atoms with Crippen LogP contribution in [0, 0.1) is 23.7 Å². The summed E-state index contributed by atoms with van der Waals surface area (Å²) in [5, 5.41) is 10.5. The third-order valence-electron chi connectivity index (χ3n) is 17.5. The topological polar surface area (TPSA) is 88.5 Å². The van der Waals surface area contributed by atoms with Crippen molar-refractivity contribution < 1.29 is 81.6 Å². The number of benzene rings is 4. The fraction of sp³-hybridized carbons (Fsp3) is 0.614. The van der Waals surface area contributed by atoms with Crippen LogP contribution in [0.2, 0.25) is 0 Å². The molecule has 4 aromatic carbocycles. The van der Waals surface area contributed by atoms with Gasteiger partial charge in [0.25, 0.3) is 0 Å². The Morgan fingerprint density at radius 3 is 1.18 bits per heavy atom. The number of esters is 1. The number of carboxylic acids is 1. The van der Waals surface area contributed by atoms with Crippen molar-refractivity contribution in [2.24, 2.45) is 23.7 Å². The zero-order valence-electron chi connectivity index (χ0n) is 42.6. The van der Waals surface area contributed by atoms with Gasteiger partial charge in [0.1, 0.15) is 22.6 Å². The number of hydrogen-bond acceptors (Lipinski definition) is 7. The van der Waals surface area contributed by atoms with Crippen LogP contribution in [-0.4, -0.2) is 82.7 Å². The Balaban J connectivity index is 0.000000188. The number of alkyl halides is 12. The normalized spacial score (nSPS) is 28.6. The molecule has 4 aromatic rings. The predicted octanol–water partition coefficient (Wildman–Crippen LogP) is 15.2. The number of piperidine rings is 4. The van der Waals surface area contributed by atoms with E-state index in [9.17, 15) is 67.4 Å². The highest BCUT2D eigenvalue weighted by molar-refractivity contribution is 5.92. The molecule has 2 saturated carbocycles. The minimum atomic E-state index is -4.72. The number of aliphatic carboxylic acids is 1. The molecule has 6 aliphatic rings. The highest BCUT2D eigenvalue weighted by atomic mass is 19.4. The average Bonchev–Trinajstić information content (AvgIpc) is 3.40. The fourth-order valence-electron chi connectivity index (χ4n) is 13.7. The lowest BCUT2D eigenvalue weighted by atomic mass is 9.78. The van der Waals surface area contributed by atoms with Crippen LogP contribution in [-0.2, 0) is 39.8 Å². The van der Waals surface area contributed by atoms with Crippen LogP contribution in [0.3, 0.4) is 0 Å². The van der Waals surface area contributed by atoms with Gasteiger partial charge < -0.3 is 19.3 Å². The zero-order chi connectivity index (χ0) is 55.2. The van der Waals surface area contributed by atoms with Crippen molar-refractivity contribution in [2.75, 3.05) is 7.11 Å². The lowest BCUT2D eigenvalue weighted by Gasteiger charge is -2.48. The monoisotopic (exact) mass is 1100 g/mol. The zero-order valence-corrected chi connectivity index (χ0v) is 42.6. The Bertz CT molecular complexity index is 2700. The van der Waals surface area contributed by atoms with Gasteiger partial charge in [0, 0.05) is 37.3 Å². The Kier molecular flexibility index (Phi) is 16.7. The third-order valence-corrected chi connectivity index (χ3v) is 17.5. The minimum absolute atomic E-state index is 0.00191. The van der Waals surface area contributed by atoms with E-state index in [4.69, 9.17) is 14.2 Å². The molecule has 20 heteroatoms. The summed E-state index contributed by atoms with van der Waals surface area (Å²) in [5.41, 5.74) is -0.288. The van der Waals surface area contributed by atoms with Gasteiger partial charge in [-0.25, -0.2) is 0 Å². The summed E-state index contributed by atoms with van der Waals surface area (Å²) < 4.78 is 181. The molecule has 4 saturated heterocycles. The Morgan fingerprint density at radius 2 is 0.857 bits per heavy atom. The smallest absolute Gasteiger partial charge is 0.420 e. The van der Waals surface area contributed by atoms with Crippen molar-refractivity contribution in [2.45, 2.75) is 190 Å². The van der Waals surface area contributed by atoms with Gasteiger partial charge in [-0.05, 0) is 148 Å². The molecule has 4 unspecified atom stereocenters. The molecule has 4 aliphatic heterocycles. The van der Waals surface area contributed by atoms with Crippen molar-refractivity contribution in [3.05, 3.63) is 82.9 Å². The first-order valence-electron chi connectivity index (χ1n) is 26.9. The number of carboxylic acid groups (broad SMARTS) is 1. The molecule has 0 radical (unpaired) electrons. The number of halogens is 12. The number of ether oxygens (including phenoxy) is 3. The standard InChI is InChI=1S/C29H33F6NO3.C28H31F6NO3/c1-38-27(37)18-14-20-5-3-6-21(15-18)36(20)16-17-4-2-7-24-23(17)12-13-25(26(24)29(33,34)35)39-22-10-8-19(9-11-22)28(30,31)32;29-27(30,31)18-7-9-21(10-8-18)38-24-12-11-22-16(3-1-6-23(22)25(24)28(32,33)34)15-35-19-4-2-5-20(35)14-17(13-19)26(36)37/h2,4,7,12-13,18-22H,3,5-6,8-11,14-16H2,1H3;1,3,6,11-12,17-21H,2,4-5,7-10,13-15H2,(H,36,37). The second-order valence-corrected chi connectivity index (χ2v) is 22.2. The summed E-state index contributed by atoms with van der Waals surface area (Å²) in [6.07, 6.45) is -11.7. The van der Waals surface area contributed by atoms with Gasteiger partial charge in [-0.1, -0.05) is 61.4 Å². The van der Waals surface area contributed by atoms with E-state index in [1.165, 1.54) is 31.4 Å². The van der Waals surface area contributed by atoms with Crippen LogP contribution < -0.4 is 9.47 Å². The first-order valence-corrected chi connectivity index (χ1v) is 26.9. The van der Waals surface area contributed by atoms with Gasteiger partial charge in [0.2, 0.25) is 0 Å². The molecule has 2 aliphatic carbocycles. The van der Waals surface area contributed by atoms with Crippen LogP contribution in [0.5, 0.6) is 11.5 Å². The van der Waals surface area contributed by atoms with Crippen molar-refractivity contribution in [3.63, 3.8) is 0 Å². The Morgan fingerprint density at radius 1 is 0.494 bits per heavy atom. The second-order valence-electron chi connectivity index (χ2n) is 22.2. The summed E-state index contributed by atoms with van der Waals surface area (Å²) >= 11 is 0. The Labute approximate surface area is 438 Å². The number of carbonyl (C=O) groups excluding carboxylic acids is 1. The van der Waals surface area contributed by atoms with Gasteiger partial charge in [-0.3, -0.25) is 19.4 Å². The molecule has 4 bridgehead atoms. The van der Waals surface area contributed by atoms with Crippen LogP contribution in [0.25, 0.3) is 21.5 Å². The molecular weight excluding hydrogens is 1040 g/mol. The summed E-state index contributed by atoms with van der Waals surface area (Å²) in [5.74, 6) is -5.10. The summed E-state index contributed by atoms with van der Waals surface area (Å²) in [7, 11) is 1.39. The molecule has 4 heterocycles. The number of hydrogen-bond donors (Lipinski definition) is 1. The molecule has 422 valence electrons. The summed E-state index contributed by atoms with van der Waals surface area (Å²) in [6, 6.07) is 16.0. The molecular formula is C57H64F12N2O6. The minimum Gasteiger partial charge on any atom is -0.490 e. The van der Waals surface area contributed by atoms with E-state index in [0.717, 1.165) is 49.7 Å². The van der Waals surface area contributed by atoms with Gasteiger partial charge in [0.15, 0.2) is 0 Å². The maximum Gasteiger partial charge on any atom is 0.420 e. The highest BCUT2D eigenvalue weighted by Crippen LogP contribution is 2.48. The van der Waals surface area contributed by atoms with E-state index in [0.29, 0.717) is 49.5 Å². The van der Waals surface area contributed by atoms with Gasteiger partial charge in [-0.2, -0.15) is 52.7 Å². The van der Waals surface area contributed by atoms with Crippen LogP contribution in [0.15, 0.2) is 60.7 Å². The maximum atomic E-state index is 14.4. The first-order chi connectivity index (χ1) is 36.4. The quantitative estimate of drug-likeness (QED) is 0.124. The predicted molar refractivity (Wildman–Crippen MR) is 262 cm³/mol. The van der Waals surface area contributed by atoms with Gasteiger partial charge >= 0.3 is 36.6 Å². The van der Waals surface area contributed by atoms with E-state index in [1.54, 1.807) is 30.3 Å². The van der Waals surface area contributed by atoms with Crippen molar-refractivity contribution in [1.82, 2.24) is 9.80 Å². The van der Waals surface area contributed by atoms with E-state index in [2.05, 4.69) is 9.80 Å². The van der Waals surface area contributed by atoms with Crippen LogP contribution >= 0.6 is 0 Å². The second kappa shape index (κ2) is 22.6. The van der Waals surface area contributed by atoms with Crippen molar-refractivity contribution >= 4 is 33.5 Å². The third kappa shape index (κ3) is 12.7. The lowest BCUT2D eigenvalue weighted by molar-refractivity contribution is -0.186. The first kappa shape index (κ1) is 56.7. The summed E-state index contributed by atoms with van der Waals surface area (Å²) in [4.78, 5) is 28.4. The number of carbonyl (C=O) groups is 2. The van der Waals surface area contributed by atoms with Crippen LogP contribution in [0.1, 0.15) is 138 Å². The molecule has 0 aromatic heterocycles. The molecule has 0 spiro atoms. The molecule has 1 N–H and O–H groups in total. The molecule has 10 rings (SSSR count). The molecule has 8 nitrogen and oxygen atoms in total. The SMILES string of the molecule is COC(=O)C1CC2CCCC(C1)N2Cc1cccc2c(C(F)(F)F)c(OC3CCC(C(F)(F)F)CC3)ccc12.O=C(O)C1CC2CCCC(C1)N2Cc1cccc2c(C(F)(F)F)c(OC3CCC(C(F)(F)F)CC3)ccc12. The lowest BCUT2D eigenvalue weighted by Crippen LogP contribution is -2.52. The van der Waals surface area contributed by atoms with Gasteiger partial charge in [-0.15, -0.1) is 0 Å². The highest BCUT2D eigenvalue weighted by Gasteiger charge is 2.47. The number of methoxy groups -OCH3 is 1.